The fraction of sp³-hybridized carbons (Fsp3) is 0.148. The van der Waals surface area contributed by atoms with E-state index in [0.717, 1.165) is 16.7 Å². The highest BCUT2D eigenvalue weighted by Crippen LogP contribution is 2.42. The lowest BCUT2D eigenvalue weighted by atomic mass is 10.1. The van der Waals surface area contributed by atoms with Crippen LogP contribution in [0.1, 0.15) is 16.7 Å². The van der Waals surface area contributed by atoms with E-state index in [9.17, 15) is 14.9 Å². The molecular formula is C27H22ClN3O2S. The number of hydrogen-bond acceptors (Lipinski definition) is 4. The molecule has 170 valence electrons. The highest BCUT2D eigenvalue weighted by molar-refractivity contribution is 8.05. The Bertz CT molecular complexity index is 1290. The highest BCUT2D eigenvalue weighted by atomic mass is 35.5. The van der Waals surface area contributed by atoms with E-state index in [1.807, 2.05) is 56.3 Å². The molecule has 1 aliphatic heterocycles. The molecule has 0 saturated carbocycles. The lowest BCUT2D eigenvalue weighted by Crippen LogP contribution is -2.30. The SMILES string of the molecule is Cc1ccc(C[C@@H]2S/C(=C(/C#N)C(=O)Nc3ccc(C)cc3)N(c3ccc(Cl)cc3)C2=O)cc1. The summed E-state index contributed by atoms with van der Waals surface area (Å²) in [6.45, 7) is 3.96. The van der Waals surface area contributed by atoms with Crippen molar-refractivity contribution >= 4 is 46.6 Å². The Balaban J connectivity index is 1.71. The number of hydrogen-bond donors (Lipinski definition) is 1. The van der Waals surface area contributed by atoms with Crippen LogP contribution in [0.15, 0.2) is 83.4 Å². The number of benzene rings is 3. The normalized spacial score (nSPS) is 16.8. The maximum Gasteiger partial charge on any atom is 0.269 e. The van der Waals surface area contributed by atoms with Gasteiger partial charge in [0.05, 0.1) is 5.25 Å². The lowest BCUT2D eigenvalue weighted by molar-refractivity contribution is -0.117. The van der Waals surface area contributed by atoms with Crippen molar-refractivity contribution in [1.82, 2.24) is 0 Å². The number of rotatable bonds is 5. The zero-order chi connectivity index (χ0) is 24.2. The van der Waals surface area contributed by atoms with Crippen LogP contribution < -0.4 is 10.2 Å². The van der Waals surface area contributed by atoms with Crippen molar-refractivity contribution in [3.05, 3.63) is 105 Å². The molecular weight excluding hydrogens is 466 g/mol. The molecule has 1 atom stereocenters. The standard InChI is InChI=1S/C27H22ClN3O2S/c1-17-3-7-19(8-4-17)15-24-26(33)31(22-13-9-20(28)10-14-22)27(34-24)23(16-29)25(32)30-21-11-5-18(2)6-12-21/h3-14,24H,15H2,1-2H3,(H,30,32)/b27-23-/t24-/m0/s1. The van der Waals surface area contributed by atoms with E-state index in [4.69, 9.17) is 11.6 Å². The second-order valence-electron chi connectivity index (χ2n) is 8.06. The number of carbonyl (C=O) groups is 2. The maximum absolute atomic E-state index is 13.5. The van der Waals surface area contributed by atoms with Crippen LogP contribution in [0, 0.1) is 25.2 Å². The van der Waals surface area contributed by atoms with Gasteiger partial charge in [0.1, 0.15) is 16.7 Å². The van der Waals surface area contributed by atoms with Crippen LogP contribution in [-0.4, -0.2) is 17.1 Å². The smallest absolute Gasteiger partial charge is 0.269 e. The Labute approximate surface area is 208 Å². The topological polar surface area (TPSA) is 73.2 Å². The summed E-state index contributed by atoms with van der Waals surface area (Å²) in [7, 11) is 0. The van der Waals surface area contributed by atoms with E-state index < -0.39 is 11.2 Å². The molecule has 3 aromatic carbocycles. The van der Waals surface area contributed by atoms with Crippen LogP contribution in [0.25, 0.3) is 0 Å². The van der Waals surface area contributed by atoms with Crippen LogP contribution in [0.4, 0.5) is 11.4 Å². The van der Waals surface area contributed by atoms with Gasteiger partial charge < -0.3 is 5.32 Å². The number of aryl methyl sites for hydroxylation is 2. The Morgan fingerprint density at radius 3 is 2.18 bits per heavy atom. The number of nitrogens with zero attached hydrogens (tertiary/aromatic N) is 2. The summed E-state index contributed by atoms with van der Waals surface area (Å²) in [6.07, 6.45) is 0.482. The minimum absolute atomic E-state index is 0.111. The Hall–Kier alpha value is -3.53. The number of carbonyl (C=O) groups excluding carboxylic acids is 2. The highest BCUT2D eigenvalue weighted by Gasteiger charge is 2.40. The van der Waals surface area contributed by atoms with Gasteiger partial charge in [-0.15, -0.1) is 0 Å². The van der Waals surface area contributed by atoms with Crippen molar-refractivity contribution in [3.8, 4) is 6.07 Å². The van der Waals surface area contributed by atoms with Gasteiger partial charge in [0.15, 0.2) is 0 Å². The van der Waals surface area contributed by atoms with E-state index in [-0.39, 0.29) is 11.5 Å². The summed E-state index contributed by atoms with van der Waals surface area (Å²) in [5.74, 6) is -0.740. The van der Waals surface area contributed by atoms with Crippen LogP contribution >= 0.6 is 23.4 Å². The van der Waals surface area contributed by atoms with Gasteiger partial charge in [0, 0.05) is 16.4 Å². The average Bonchev–Trinajstić information content (AvgIpc) is 3.13. The molecule has 0 unspecified atom stereocenters. The predicted molar refractivity (Wildman–Crippen MR) is 138 cm³/mol. The summed E-state index contributed by atoms with van der Waals surface area (Å²) >= 11 is 7.28. The number of nitriles is 1. The average molecular weight is 488 g/mol. The van der Waals surface area contributed by atoms with E-state index in [1.54, 1.807) is 36.4 Å². The van der Waals surface area contributed by atoms with Crippen LogP contribution in [0.5, 0.6) is 0 Å². The van der Waals surface area contributed by atoms with E-state index in [0.29, 0.717) is 27.8 Å². The summed E-state index contributed by atoms with van der Waals surface area (Å²) in [5, 5.41) is 13.1. The van der Waals surface area contributed by atoms with Gasteiger partial charge in [-0.3, -0.25) is 14.5 Å². The van der Waals surface area contributed by atoms with Crippen molar-refractivity contribution in [2.75, 3.05) is 10.2 Å². The number of amides is 2. The third-order valence-electron chi connectivity index (χ3n) is 5.44. The van der Waals surface area contributed by atoms with Gasteiger partial charge >= 0.3 is 0 Å². The molecule has 5 nitrogen and oxygen atoms in total. The fourth-order valence-electron chi connectivity index (χ4n) is 3.58. The molecule has 0 aromatic heterocycles. The molecule has 1 aliphatic rings. The van der Waals surface area contributed by atoms with Gasteiger partial charge in [0.25, 0.3) is 5.91 Å². The largest absolute Gasteiger partial charge is 0.321 e. The monoisotopic (exact) mass is 487 g/mol. The van der Waals surface area contributed by atoms with Gasteiger partial charge in [-0.25, -0.2) is 0 Å². The molecule has 3 aromatic rings. The van der Waals surface area contributed by atoms with E-state index in [2.05, 4.69) is 5.32 Å². The summed E-state index contributed by atoms with van der Waals surface area (Å²) in [4.78, 5) is 28.1. The molecule has 1 heterocycles. The molecule has 4 rings (SSSR count). The van der Waals surface area contributed by atoms with Gasteiger partial charge in [0.2, 0.25) is 5.91 Å². The molecule has 34 heavy (non-hydrogen) atoms. The minimum Gasteiger partial charge on any atom is -0.321 e. The number of thioether (sulfide) groups is 1. The second-order valence-corrected chi connectivity index (χ2v) is 9.69. The van der Waals surface area contributed by atoms with Gasteiger partial charge in [-0.1, -0.05) is 70.9 Å². The lowest BCUT2D eigenvalue weighted by Gasteiger charge is -2.19. The molecule has 1 saturated heterocycles. The second kappa shape index (κ2) is 10.2. The van der Waals surface area contributed by atoms with Crippen molar-refractivity contribution in [2.24, 2.45) is 0 Å². The van der Waals surface area contributed by atoms with Crippen molar-refractivity contribution in [2.45, 2.75) is 25.5 Å². The van der Waals surface area contributed by atoms with Crippen molar-refractivity contribution in [1.29, 1.82) is 5.26 Å². The fourth-order valence-corrected chi connectivity index (χ4v) is 5.02. The number of anilines is 2. The minimum atomic E-state index is -0.559. The van der Waals surface area contributed by atoms with Crippen LogP contribution in [0.3, 0.4) is 0 Å². The molecule has 0 aliphatic carbocycles. The molecule has 1 fully saturated rings. The van der Waals surface area contributed by atoms with Crippen LogP contribution in [-0.2, 0) is 16.0 Å². The maximum atomic E-state index is 13.5. The molecule has 1 N–H and O–H groups in total. The summed E-state index contributed by atoms with van der Waals surface area (Å²) in [6, 6.07) is 24.1. The van der Waals surface area contributed by atoms with E-state index in [1.165, 1.54) is 16.7 Å². The summed E-state index contributed by atoms with van der Waals surface area (Å²) in [5.41, 5.74) is 4.22. The Morgan fingerprint density at radius 1 is 1.00 bits per heavy atom. The van der Waals surface area contributed by atoms with Crippen molar-refractivity contribution in [3.63, 3.8) is 0 Å². The Kier molecular flexibility index (Phi) is 7.06. The zero-order valence-electron chi connectivity index (χ0n) is 18.7. The molecule has 0 spiro atoms. The first-order valence-electron chi connectivity index (χ1n) is 10.7. The van der Waals surface area contributed by atoms with Crippen LogP contribution in [0.2, 0.25) is 5.02 Å². The third-order valence-corrected chi connectivity index (χ3v) is 6.96. The number of nitrogens with one attached hydrogen (secondary N) is 1. The molecule has 7 heteroatoms. The Morgan fingerprint density at radius 2 is 1.59 bits per heavy atom. The van der Waals surface area contributed by atoms with Gasteiger partial charge in [-0.2, -0.15) is 5.26 Å². The van der Waals surface area contributed by atoms with Crippen molar-refractivity contribution < 1.29 is 9.59 Å². The zero-order valence-corrected chi connectivity index (χ0v) is 20.3. The quantitative estimate of drug-likeness (QED) is 0.352. The summed E-state index contributed by atoms with van der Waals surface area (Å²) < 4.78 is 0. The first-order chi connectivity index (χ1) is 16.4. The molecule has 0 bridgehead atoms. The first kappa shape index (κ1) is 23.6. The molecule has 0 radical (unpaired) electrons. The third kappa shape index (κ3) is 5.17. The molecule has 2 amide bonds. The van der Waals surface area contributed by atoms with Gasteiger partial charge in [-0.05, 0) is 62.2 Å². The predicted octanol–water partition coefficient (Wildman–Crippen LogP) is 6.02. The van der Waals surface area contributed by atoms with E-state index >= 15 is 0 Å². The first-order valence-corrected chi connectivity index (χ1v) is 12.0. The number of halogens is 1.